The lowest BCUT2D eigenvalue weighted by Gasteiger charge is -2.14. The van der Waals surface area contributed by atoms with E-state index in [2.05, 4.69) is 27.5 Å². The van der Waals surface area contributed by atoms with Crippen LogP contribution in [0.1, 0.15) is 18.5 Å². The zero-order valence-electron chi connectivity index (χ0n) is 15.1. The Morgan fingerprint density at radius 3 is 2.70 bits per heavy atom. The van der Waals surface area contributed by atoms with Crippen molar-refractivity contribution in [2.45, 2.75) is 19.4 Å². The minimum Gasteiger partial charge on any atom is -0.354 e. The van der Waals surface area contributed by atoms with Gasteiger partial charge in [0.2, 0.25) is 5.91 Å². The highest BCUT2D eigenvalue weighted by molar-refractivity contribution is 5.83. The Morgan fingerprint density at radius 1 is 1.11 bits per heavy atom. The first-order chi connectivity index (χ1) is 13.2. The second-order valence-electron chi connectivity index (χ2n) is 6.47. The van der Waals surface area contributed by atoms with Crippen molar-refractivity contribution in [3.05, 3.63) is 78.9 Å². The second-order valence-corrected chi connectivity index (χ2v) is 6.47. The van der Waals surface area contributed by atoms with Crippen LogP contribution in [-0.2, 0) is 11.2 Å². The van der Waals surface area contributed by atoms with Gasteiger partial charge in [-0.15, -0.1) is 0 Å². The van der Waals surface area contributed by atoms with Crippen LogP contribution in [0.3, 0.4) is 0 Å². The molecule has 1 unspecified atom stereocenters. The third-order valence-electron chi connectivity index (χ3n) is 4.70. The van der Waals surface area contributed by atoms with Crippen LogP contribution in [0.15, 0.2) is 73.3 Å². The van der Waals surface area contributed by atoms with E-state index in [9.17, 15) is 4.79 Å². The standard InChI is InChI=1S/C21H21N5O/c1-16(25-15-23-19-5-2-3-6-20(19)25)21(27)22-13-11-17-7-9-18(10-8-17)26-14-4-12-24-26/h2-10,12,14-16H,11,13H2,1H3,(H,22,27). The Balaban J connectivity index is 1.34. The molecule has 0 bridgehead atoms. The Kier molecular flexibility index (Phi) is 4.70. The molecule has 4 rings (SSSR count). The van der Waals surface area contributed by atoms with Gasteiger partial charge in [-0.3, -0.25) is 4.79 Å². The molecule has 0 saturated heterocycles. The van der Waals surface area contributed by atoms with Crippen molar-refractivity contribution in [3.8, 4) is 5.69 Å². The maximum absolute atomic E-state index is 12.5. The third kappa shape index (κ3) is 3.60. The van der Waals surface area contributed by atoms with Crippen LogP contribution in [0.5, 0.6) is 0 Å². The highest BCUT2D eigenvalue weighted by atomic mass is 16.2. The fourth-order valence-corrected chi connectivity index (χ4v) is 3.13. The molecule has 0 aliphatic carbocycles. The summed E-state index contributed by atoms with van der Waals surface area (Å²) in [7, 11) is 0. The minimum atomic E-state index is -0.306. The van der Waals surface area contributed by atoms with E-state index in [1.165, 1.54) is 5.56 Å². The fraction of sp³-hybridized carbons (Fsp3) is 0.190. The van der Waals surface area contributed by atoms with E-state index in [4.69, 9.17) is 0 Å². The number of carbonyl (C=O) groups excluding carboxylic acids is 1. The Bertz CT molecular complexity index is 1030. The molecule has 136 valence electrons. The van der Waals surface area contributed by atoms with E-state index in [1.807, 2.05) is 64.8 Å². The summed E-state index contributed by atoms with van der Waals surface area (Å²) in [5.41, 5.74) is 4.06. The Morgan fingerprint density at radius 2 is 1.93 bits per heavy atom. The number of para-hydroxylation sites is 2. The molecule has 0 radical (unpaired) electrons. The van der Waals surface area contributed by atoms with Crippen LogP contribution >= 0.6 is 0 Å². The van der Waals surface area contributed by atoms with Gasteiger partial charge in [-0.05, 0) is 49.2 Å². The van der Waals surface area contributed by atoms with Crippen molar-refractivity contribution in [3.63, 3.8) is 0 Å². The monoisotopic (exact) mass is 359 g/mol. The van der Waals surface area contributed by atoms with Crippen LogP contribution < -0.4 is 5.32 Å². The molecule has 0 aliphatic rings. The zero-order chi connectivity index (χ0) is 18.6. The highest BCUT2D eigenvalue weighted by Crippen LogP contribution is 2.17. The third-order valence-corrected chi connectivity index (χ3v) is 4.70. The number of hydrogen-bond acceptors (Lipinski definition) is 3. The molecule has 1 atom stereocenters. The van der Waals surface area contributed by atoms with E-state index < -0.39 is 0 Å². The quantitative estimate of drug-likeness (QED) is 0.575. The molecule has 1 amide bonds. The molecular formula is C21H21N5O. The molecule has 27 heavy (non-hydrogen) atoms. The van der Waals surface area contributed by atoms with Crippen LogP contribution in [0, 0.1) is 0 Å². The smallest absolute Gasteiger partial charge is 0.242 e. The number of hydrogen-bond donors (Lipinski definition) is 1. The van der Waals surface area contributed by atoms with E-state index in [1.54, 1.807) is 12.5 Å². The summed E-state index contributed by atoms with van der Waals surface area (Å²) >= 11 is 0. The van der Waals surface area contributed by atoms with Crippen molar-refractivity contribution in [1.29, 1.82) is 0 Å². The molecule has 0 saturated carbocycles. The van der Waals surface area contributed by atoms with Gasteiger partial charge < -0.3 is 9.88 Å². The molecule has 2 heterocycles. The van der Waals surface area contributed by atoms with Gasteiger partial charge in [-0.2, -0.15) is 5.10 Å². The molecule has 2 aromatic heterocycles. The second kappa shape index (κ2) is 7.45. The molecule has 6 nitrogen and oxygen atoms in total. The lowest BCUT2D eigenvalue weighted by atomic mass is 10.1. The molecular weight excluding hydrogens is 338 g/mol. The van der Waals surface area contributed by atoms with Gasteiger partial charge in [-0.25, -0.2) is 9.67 Å². The van der Waals surface area contributed by atoms with Gasteiger partial charge >= 0.3 is 0 Å². The summed E-state index contributed by atoms with van der Waals surface area (Å²) in [5.74, 6) is -0.00804. The largest absolute Gasteiger partial charge is 0.354 e. The first-order valence-electron chi connectivity index (χ1n) is 9.00. The fourth-order valence-electron chi connectivity index (χ4n) is 3.13. The Labute approximate surface area is 157 Å². The highest BCUT2D eigenvalue weighted by Gasteiger charge is 2.16. The summed E-state index contributed by atoms with van der Waals surface area (Å²) in [4.78, 5) is 16.9. The summed E-state index contributed by atoms with van der Waals surface area (Å²) in [6, 6.07) is 17.6. The number of nitrogens with zero attached hydrogens (tertiary/aromatic N) is 4. The Hall–Kier alpha value is -3.41. The van der Waals surface area contributed by atoms with Gasteiger partial charge in [0, 0.05) is 18.9 Å². The minimum absolute atomic E-state index is 0.00804. The van der Waals surface area contributed by atoms with Crippen molar-refractivity contribution >= 4 is 16.9 Å². The average molecular weight is 359 g/mol. The van der Waals surface area contributed by atoms with Crippen LogP contribution in [0.4, 0.5) is 0 Å². The lowest BCUT2D eigenvalue weighted by molar-refractivity contribution is -0.123. The average Bonchev–Trinajstić information content (AvgIpc) is 3.38. The molecule has 6 heteroatoms. The molecule has 2 aromatic carbocycles. The summed E-state index contributed by atoms with van der Waals surface area (Å²) in [6.07, 6.45) is 6.18. The van der Waals surface area contributed by atoms with Gasteiger partial charge in [-0.1, -0.05) is 24.3 Å². The van der Waals surface area contributed by atoms with Crippen molar-refractivity contribution in [2.75, 3.05) is 6.54 Å². The number of benzene rings is 2. The van der Waals surface area contributed by atoms with Crippen LogP contribution in [-0.4, -0.2) is 31.8 Å². The van der Waals surface area contributed by atoms with Crippen LogP contribution in [0.25, 0.3) is 16.7 Å². The van der Waals surface area contributed by atoms with E-state index >= 15 is 0 Å². The number of amides is 1. The number of imidazole rings is 1. The first-order valence-corrected chi connectivity index (χ1v) is 9.00. The van der Waals surface area contributed by atoms with E-state index in [0.29, 0.717) is 6.54 Å². The van der Waals surface area contributed by atoms with Crippen LogP contribution in [0.2, 0.25) is 0 Å². The molecule has 0 spiro atoms. The van der Waals surface area contributed by atoms with Gasteiger partial charge in [0.25, 0.3) is 0 Å². The predicted octanol–water partition coefficient (Wildman–Crippen LogP) is 3.14. The number of carbonyl (C=O) groups is 1. The summed E-state index contributed by atoms with van der Waals surface area (Å²) in [6.45, 7) is 2.49. The first kappa shape index (κ1) is 17.0. The summed E-state index contributed by atoms with van der Waals surface area (Å²) < 4.78 is 3.73. The summed E-state index contributed by atoms with van der Waals surface area (Å²) in [5, 5.41) is 7.24. The maximum atomic E-state index is 12.5. The topological polar surface area (TPSA) is 64.7 Å². The molecule has 4 aromatic rings. The normalized spacial score (nSPS) is 12.2. The SMILES string of the molecule is CC(C(=O)NCCc1ccc(-n2cccn2)cc1)n1cnc2ccccc21. The molecule has 0 fully saturated rings. The predicted molar refractivity (Wildman–Crippen MR) is 105 cm³/mol. The van der Waals surface area contributed by atoms with Gasteiger partial charge in [0.1, 0.15) is 6.04 Å². The maximum Gasteiger partial charge on any atom is 0.242 e. The number of fused-ring (bicyclic) bond motifs is 1. The van der Waals surface area contributed by atoms with Gasteiger partial charge in [0.05, 0.1) is 23.0 Å². The number of aromatic nitrogens is 4. The van der Waals surface area contributed by atoms with Crippen molar-refractivity contribution in [2.24, 2.45) is 0 Å². The van der Waals surface area contributed by atoms with Crippen molar-refractivity contribution in [1.82, 2.24) is 24.6 Å². The van der Waals surface area contributed by atoms with E-state index in [0.717, 1.165) is 23.1 Å². The van der Waals surface area contributed by atoms with Crippen molar-refractivity contribution < 1.29 is 4.79 Å². The number of nitrogens with one attached hydrogen (secondary N) is 1. The number of rotatable bonds is 6. The molecule has 1 N–H and O–H groups in total. The van der Waals surface area contributed by atoms with E-state index in [-0.39, 0.29) is 11.9 Å². The lowest BCUT2D eigenvalue weighted by Crippen LogP contribution is -2.32. The zero-order valence-corrected chi connectivity index (χ0v) is 15.1. The van der Waals surface area contributed by atoms with Gasteiger partial charge in [0.15, 0.2) is 0 Å². The molecule has 0 aliphatic heterocycles.